The predicted octanol–water partition coefficient (Wildman–Crippen LogP) is 3.52. The van der Waals surface area contributed by atoms with E-state index in [1.54, 1.807) is 4.90 Å². The van der Waals surface area contributed by atoms with E-state index in [4.69, 9.17) is 0 Å². The zero-order chi connectivity index (χ0) is 17.2. The molecule has 5 heteroatoms. The number of thioether (sulfide) groups is 1. The van der Waals surface area contributed by atoms with Gasteiger partial charge in [-0.05, 0) is 17.7 Å². The molecule has 0 saturated heterocycles. The van der Waals surface area contributed by atoms with Gasteiger partial charge in [0.1, 0.15) is 0 Å². The molecule has 2 aromatic rings. The van der Waals surface area contributed by atoms with Crippen LogP contribution >= 0.6 is 11.8 Å². The van der Waals surface area contributed by atoms with E-state index in [9.17, 15) is 9.59 Å². The SMILES string of the molecule is COC(=O)CSCCC(=O)N(Cc1ccccc1)c1ccccc1. The third kappa shape index (κ3) is 5.74. The van der Waals surface area contributed by atoms with Gasteiger partial charge in [0.2, 0.25) is 5.91 Å². The number of ether oxygens (including phenoxy) is 1. The summed E-state index contributed by atoms with van der Waals surface area (Å²) >= 11 is 1.41. The number of esters is 1. The van der Waals surface area contributed by atoms with Crippen LogP contribution in [-0.4, -0.2) is 30.5 Å². The summed E-state index contributed by atoms with van der Waals surface area (Å²) in [6.45, 7) is 0.533. The molecule has 2 rings (SSSR count). The monoisotopic (exact) mass is 343 g/mol. The van der Waals surface area contributed by atoms with Crippen LogP contribution in [0.15, 0.2) is 60.7 Å². The largest absolute Gasteiger partial charge is 0.468 e. The molecule has 0 saturated carbocycles. The van der Waals surface area contributed by atoms with Crippen LogP contribution in [0.25, 0.3) is 0 Å². The lowest BCUT2D eigenvalue weighted by Crippen LogP contribution is -2.30. The summed E-state index contributed by atoms with van der Waals surface area (Å²) < 4.78 is 4.60. The summed E-state index contributed by atoms with van der Waals surface area (Å²) in [7, 11) is 1.37. The van der Waals surface area contributed by atoms with E-state index >= 15 is 0 Å². The van der Waals surface area contributed by atoms with Gasteiger partial charge in [-0.25, -0.2) is 0 Å². The molecule has 0 aliphatic rings. The van der Waals surface area contributed by atoms with Gasteiger partial charge >= 0.3 is 5.97 Å². The minimum absolute atomic E-state index is 0.0439. The minimum Gasteiger partial charge on any atom is -0.468 e. The highest BCUT2D eigenvalue weighted by atomic mass is 32.2. The first-order valence-electron chi connectivity index (χ1n) is 7.74. The van der Waals surface area contributed by atoms with Gasteiger partial charge in [-0.2, -0.15) is 0 Å². The number of carbonyl (C=O) groups is 2. The van der Waals surface area contributed by atoms with E-state index in [-0.39, 0.29) is 17.6 Å². The van der Waals surface area contributed by atoms with Crippen molar-refractivity contribution in [2.75, 3.05) is 23.5 Å². The molecule has 1 amide bonds. The highest BCUT2D eigenvalue weighted by Gasteiger charge is 2.16. The maximum atomic E-state index is 12.7. The quantitative estimate of drug-likeness (QED) is 0.543. The molecule has 4 nitrogen and oxygen atoms in total. The minimum atomic E-state index is -0.267. The van der Waals surface area contributed by atoms with Gasteiger partial charge in [0.25, 0.3) is 0 Å². The first-order valence-corrected chi connectivity index (χ1v) is 8.90. The van der Waals surface area contributed by atoms with Crippen LogP contribution in [0, 0.1) is 0 Å². The van der Waals surface area contributed by atoms with Crippen LogP contribution in [0.3, 0.4) is 0 Å². The Bertz CT molecular complexity index is 646. The summed E-state index contributed by atoms with van der Waals surface area (Å²) in [5.74, 6) is 0.638. The molecule has 0 spiro atoms. The first kappa shape index (κ1) is 18.1. The molecule has 0 aliphatic heterocycles. The fraction of sp³-hybridized carbons (Fsp3) is 0.263. The molecule has 0 fully saturated rings. The standard InChI is InChI=1S/C19H21NO3S/c1-23-19(22)15-24-13-12-18(21)20(17-10-6-3-7-11-17)14-16-8-4-2-5-9-16/h2-11H,12-15H2,1H3. The van der Waals surface area contributed by atoms with E-state index < -0.39 is 0 Å². The zero-order valence-electron chi connectivity index (χ0n) is 13.7. The fourth-order valence-corrected chi connectivity index (χ4v) is 2.95. The first-order chi connectivity index (χ1) is 11.7. The van der Waals surface area contributed by atoms with Gasteiger partial charge in [0.15, 0.2) is 0 Å². The van der Waals surface area contributed by atoms with Crippen LogP contribution in [0.1, 0.15) is 12.0 Å². The second kappa shape index (κ2) is 9.78. The summed E-state index contributed by atoms with van der Waals surface area (Å²) in [4.78, 5) is 25.6. The normalized spacial score (nSPS) is 10.2. The van der Waals surface area contributed by atoms with Crippen molar-refractivity contribution in [2.24, 2.45) is 0 Å². The number of methoxy groups -OCH3 is 1. The number of nitrogens with zero attached hydrogens (tertiary/aromatic N) is 1. The Morgan fingerprint density at radius 1 is 1.00 bits per heavy atom. The van der Waals surface area contributed by atoms with Crippen molar-refractivity contribution in [1.29, 1.82) is 0 Å². The topological polar surface area (TPSA) is 46.6 Å². The van der Waals surface area contributed by atoms with E-state index in [1.165, 1.54) is 18.9 Å². The molecule has 0 atom stereocenters. The molecule has 0 bridgehead atoms. The third-order valence-electron chi connectivity index (χ3n) is 3.46. The molecule has 24 heavy (non-hydrogen) atoms. The maximum Gasteiger partial charge on any atom is 0.315 e. The average molecular weight is 343 g/mol. The molecular weight excluding hydrogens is 322 g/mol. The van der Waals surface area contributed by atoms with Crippen molar-refractivity contribution in [3.63, 3.8) is 0 Å². The molecule has 0 N–H and O–H groups in total. The fourth-order valence-electron chi connectivity index (χ4n) is 2.21. The van der Waals surface area contributed by atoms with Gasteiger partial charge in [0.05, 0.1) is 19.4 Å². The van der Waals surface area contributed by atoms with E-state index in [0.717, 1.165) is 11.3 Å². The zero-order valence-corrected chi connectivity index (χ0v) is 14.5. The van der Waals surface area contributed by atoms with Gasteiger partial charge in [-0.15, -0.1) is 11.8 Å². The summed E-state index contributed by atoms with van der Waals surface area (Å²) in [5, 5.41) is 0. The van der Waals surface area contributed by atoms with E-state index in [0.29, 0.717) is 18.7 Å². The Kier molecular flexibility index (Phi) is 7.36. The molecule has 126 valence electrons. The molecule has 2 aromatic carbocycles. The smallest absolute Gasteiger partial charge is 0.315 e. The van der Waals surface area contributed by atoms with Crippen molar-refractivity contribution in [3.05, 3.63) is 66.2 Å². The van der Waals surface area contributed by atoms with Crippen molar-refractivity contribution < 1.29 is 14.3 Å². The van der Waals surface area contributed by atoms with Gasteiger partial charge in [-0.3, -0.25) is 9.59 Å². The predicted molar refractivity (Wildman–Crippen MR) is 98.0 cm³/mol. The van der Waals surface area contributed by atoms with Crippen LogP contribution < -0.4 is 4.90 Å². The van der Waals surface area contributed by atoms with E-state index in [1.807, 2.05) is 60.7 Å². The Balaban J connectivity index is 2.00. The number of carbonyl (C=O) groups excluding carboxylic acids is 2. The van der Waals surface area contributed by atoms with Crippen molar-refractivity contribution >= 4 is 29.3 Å². The van der Waals surface area contributed by atoms with Gasteiger partial charge in [0, 0.05) is 17.9 Å². The molecule has 0 radical (unpaired) electrons. The lowest BCUT2D eigenvalue weighted by molar-refractivity contribution is -0.137. The second-order valence-corrected chi connectivity index (χ2v) is 6.28. The number of hydrogen-bond acceptors (Lipinski definition) is 4. The Morgan fingerprint density at radius 3 is 2.25 bits per heavy atom. The second-order valence-electron chi connectivity index (χ2n) is 5.18. The number of amides is 1. The maximum absolute atomic E-state index is 12.7. The lowest BCUT2D eigenvalue weighted by Gasteiger charge is -2.23. The molecule has 0 aliphatic carbocycles. The molecule has 0 unspecified atom stereocenters. The number of hydrogen-bond donors (Lipinski definition) is 0. The number of benzene rings is 2. The highest BCUT2D eigenvalue weighted by Crippen LogP contribution is 2.19. The highest BCUT2D eigenvalue weighted by molar-refractivity contribution is 7.99. The Morgan fingerprint density at radius 2 is 1.62 bits per heavy atom. The van der Waals surface area contributed by atoms with Crippen LogP contribution in [0.5, 0.6) is 0 Å². The van der Waals surface area contributed by atoms with Gasteiger partial charge < -0.3 is 9.64 Å². The number of rotatable bonds is 8. The molecule has 0 aromatic heterocycles. The summed E-state index contributed by atoms with van der Waals surface area (Å²) in [6.07, 6.45) is 0.378. The molecule has 0 heterocycles. The van der Waals surface area contributed by atoms with Gasteiger partial charge in [-0.1, -0.05) is 48.5 Å². The average Bonchev–Trinajstić information content (AvgIpc) is 2.64. The van der Waals surface area contributed by atoms with Crippen molar-refractivity contribution in [3.8, 4) is 0 Å². The number of anilines is 1. The van der Waals surface area contributed by atoms with Crippen LogP contribution in [-0.2, 0) is 20.9 Å². The Labute approximate surface area is 146 Å². The van der Waals surface area contributed by atoms with Crippen molar-refractivity contribution in [1.82, 2.24) is 0 Å². The van der Waals surface area contributed by atoms with E-state index in [2.05, 4.69) is 4.74 Å². The summed E-state index contributed by atoms with van der Waals surface area (Å²) in [6, 6.07) is 19.6. The third-order valence-corrected chi connectivity index (χ3v) is 4.39. The molecular formula is C19H21NO3S. The summed E-state index contributed by atoms with van der Waals surface area (Å²) in [5.41, 5.74) is 1.96. The number of para-hydroxylation sites is 1. The van der Waals surface area contributed by atoms with Crippen LogP contribution in [0.4, 0.5) is 5.69 Å². The lowest BCUT2D eigenvalue weighted by atomic mass is 10.2. The van der Waals surface area contributed by atoms with Crippen molar-refractivity contribution in [2.45, 2.75) is 13.0 Å². The Hall–Kier alpha value is -2.27. The van der Waals surface area contributed by atoms with Crippen LogP contribution in [0.2, 0.25) is 0 Å².